The van der Waals surface area contributed by atoms with E-state index in [4.69, 9.17) is 5.11 Å². The van der Waals surface area contributed by atoms with Gasteiger partial charge in [0.2, 0.25) is 5.91 Å². The van der Waals surface area contributed by atoms with Crippen molar-refractivity contribution in [2.75, 3.05) is 32.8 Å². The van der Waals surface area contributed by atoms with Crippen LogP contribution < -0.4 is 0 Å². The fourth-order valence-electron chi connectivity index (χ4n) is 2.84. The molecule has 5 nitrogen and oxygen atoms in total. The molecule has 0 saturated carbocycles. The van der Waals surface area contributed by atoms with Gasteiger partial charge in [0.05, 0.1) is 4.88 Å². The summed E-state index contributed by atoms with van der Waals surface area (Å²) in [5.41, 5.74) is 3.18. The highest BCUT2D eigenvalue weighted by Gasteiger charge is 2.26. The molecule has 0 unspecified atom stereocenters. The molecule has 0 radical (unpaired) electrons. The van der Waals surface area contributed by atoms with Gasteiger partial charge in [0, 0.05) is 31.7 Å². The third kappa shape index (κ3) is 3.34. The summed E-state index contributed by atoms with van der Waals surface area (Å²) in [5, 5.41) is 10.9. The number of carbonyl (C=O) groups is 2. The van der Waals surface area contributed by atoms with E-state index < -0.39 is 6.61 Å². The SMILES string of the molecule is Cc1ccc(-c2ccsc2C(=O)N2CCN(C(=O)CO)CC2)cc1. The maximum absolute atomic E-state index is 12.9. The fourth-order valence-corrected chi connectivity index (χ4v) is 3.72. The molecule has 24 heavy (non-hydrogen) atoms. The standard InChI is InChI=1S/C18H20N2O3S/c1-13-2-4-14(5-3-13)15-6-11-24-17(15)18(23)20-9-7-19(8-10-20)16(22)12-21/h2-6,11,21H,7-10,12H2,1H3. The van der Waals surface area contributed by atoms with Crippen LogP contribution >= 0.6 is 11.3 Å². The van der Waals surface area contributed by atoms with Crippen molar-refractivity contribution in [1.29, 1.82) is 0 Å². The Morgan fingerprint density at radius 2 is 1.67 bits per heavy atom. The highest BCUT2D eigenvalue weighted by atomic mass is 32.1. The second kappa shape index (κ2) is 7.15. The second-order valence-electron chi connectivity index (χ2n) is 5.86. The van der Waals surface area contributed by atoms with E-state index in [9.17, 15) is 9.59 Å². The number of aryl methyl sites for hydroxylation is 1. The molecule has 2 aromatic rings. The molecule has 6 heteroatoms. The molecule has 0 spiro atoms. The molecule has 0 aliphatic carbocycles. The largest absolute Gasteiger partial charge is 0.387 e. The van der Waals surface area contributed by atoms with Crippen LogP contribution in [0.15, 0.2) is 35.7 Å². The van der Waals surface area contributed by atoms with Gasteiger partial charge in [-0.05, 0) is 23.9 Å². The van der Waals surface area contributed by atoms with Gasteiger partial charge >= 0.3 is 0 Å². The van der Waals surface area contributed by atoms with Gasteiger partial charge in [0.1, 0.15) is 6.61 Å². The maximum Gasteiger partial charge on any atom is 0.264 e. The molecule has 1 N–H and O–H groups in total. The zero-order valence-electron chi connectivity index (χ0n) is 13.6. The molecular formula is C18H20N2O3S. The van der Waals surface area contributed by atoms with Crippen molar-refractivity contribution in [1.82, 2.24) is 9.80 Å². The summed E-state index contributed by atoms with van der Waals surface area (Å²) >= 11 is 1.45. The van der Waals surface area contributed by atoms with Crippen LogP contribution in [0.1, 0.15) is 15.2 Å². The van der Waals surface area contributed by atoms with E-state index in [1.54, 1.807) is 9.80 Å². The van der Waals surface area contributed by atoms with Gasteiger partial charge in [0.25, 0.3) is 5.91 Å². The highest BCUT2D eigenvalue weighted by Crippen LogP contribution is 2.30. The van der Waals surface area contributed by atoms with E-state index in [1.807, 2.05) is 42.6 Å². The first-order valence-corrected chi connectivity index (χ1v) is 8.80. The molecule has 0 bridgehead atoms. The molecule has 1 aromatic heterocycles. The molecule has 2 heterocycles. The van der Waals surface area contributed by atoms with Crippen molar-refractivity contribution in [3.63, 3.8) is 0 Å². The lowest BCUT2D eigenvalue weighted by atomic mass is 10.0. The lowest BCUT2D eigenvalue weighted by Gasteiger charge is -2.34. The van der Waals surface area contributed by atoms with Crippen LogP contribution in [-0.2, 0) is 4.79 Å². The van der Waals surface area contributed by atoms with Gasteiger partial charge in [-0.15, -0.1) is 11.3 Å². The van der Waals surface area contributed by atoms with Crippen LogP contribution in [0.5, 0.6) is 0 Å². The molecule has 1 saturated heterocycles. The van der Waals surface area contributed by atoms with Crippen LogP contribution in [0.2, 0.25) is 0 Å². The number of piperazine rings is 1. The number of hydrogen-bond donors (Lipinski definition) is 1. The summed E-state index contributed by atoms with van der Waals surface area (Å²) in [6.07, 6.45) is 0. The van der Waals surface area contributed by atoms with Crippen molar-refractivity contribution in [2.24, 2.45) is 0 Å². The number of rotatable bonds is 3. The predicted molar refractivity (Wildman–Crippen MR) is 94.1 cm³/mol. The summed E-state index contributed by atoms with van der Waals surface area (Å²) in [6.45, 7) is 3.49. The van der Waals surface area contributed by atoms with Crippen LogP contribution in [-0.4, -0.2) is 59.5 Å². The number of thiophene rings is 1. The third-order valence-electron chi connectivity index (χ3n) is 4.28. The van der Waals surface area contributed by atoms with Gasteiger partial charge in [-0.1, -0.05) is 29.8 Å². The Labute approximate surface area is 145 Å². The Bertz CT molecular complexity index is 731. The van der Waals surface area contributed by atoms with Gasteiger partial charge in [-0.25, -0.2) is 0 Å². The summed E-state index contributed by atoms with van der Waals surface area (Å²) in [7, 11) is 0. The zero-order chi connectivity index (χ0) is 17.1. The van der Waals surface area contributed by atoms with Crippen LogP contribution in [0.25, 0.3) is 11.1 Å². The number of benzene rings is 1. The van der Waals surface area contributed by atoms with Crippen molar-refractivity contribution in [3.05, 3.63) is 46.2 Å². The average Bonchev–Trinajstić information content (AvgIpc) is 3.11. The number of amides is 2. The van der Waals surface area contributed by atoms with Gasteiger partial charge in [-0.2, -0.15) is 0 Å². The number of carbonyl (C=O) groups excluding carboxylic acids is 2. The van der Waals surface area contributed by atoms with Crippen LogP contribution in [0.3, 0.4) is 0 Å². The quantitative estimate of drug-likeness (QED) is 0.926. The minimum atomic E-state index is -0.476. The predicted octanol–water partition coefficient (Wildman–Crippen LogP) is 2.00. The summed E-state index contributed by atoms with van der Waals surface area (Å²) in [6, 6.07) is 10.1. The molecule has 126 valence electrons. The molecule has 3 rings (SSSR count). The first-order chi connectivity index (χ1) is 11.6. The fraction of sp³-hybridized carbons (Fsp3) is 0.333. The molecule has 1 aromatic carbocycles. The number of hydrogen-bond acceptors (Lipinski definition) is 4. The number of nitrogens with zero attached hydrogens (tertiary/aromatic N) is 2. The van der Waals surface area contributed by atoms with Crippen molar-refractivity contribution in [3.8, 4) is 11.1 Å². The third-order valence-corrected chi connectivity index (χ3v) is 5.18. The summed E-state index contributed by atoms with van der Waals surface area (Å²) in [5.74, 6) is -0.268. The molecule has 2 amide bonds. The van der Waals surface area contributed by atoms with E-state index >= 15 is 0 Å². The monoisotopic (exact) mass is 344 g/mol. The molecule has 1 fully saturated rings. The molecule has 0 atom stereocenters. The smallest absolute Gasteiger partial charge is 0.264 e. The number of aliphatic hydroxyl groups excluding tert-OH is 1. The Morgan fingerprint density at radius 1 is 1.04 bits per heavy atom. The highest BCUT2D eigenvalue weighted by molar-refractivity contribution is 7.12. The minimum absolute atomic E-state index is 0.0108. The average molecular weight is 344 g/mol. The van der Waals surface area contributed by atoms with E-state index in [2.05, 4.69) is 0 Å². The van der Waals surface area contributed by atoms with E-state index in [-0.39, 0.29) is 11.8 Å². The molecular weight excluding hydrogens is 324 g/mol. The Kier molecular flexibility index (Phi) is 4.97. The lowest BCUT2D eigenvalue weighted by Crippen LogP contribution is -2.51. The topological polar surface area (TPSA) is 60.9 Å². The summed E-state index contributed by atoms with van der Waals surface area (Å²) in [4.78, 5) is 28.5. The molecule has 1 aliphatic rings. The molecule has 1 aliphatic heterocycles. The van der Waals surface area contributed by atoms with Gasteiger partial charge in [0.15, 0.2) is 0 Å². The zero-order valence-corrected chi connectivity index (χ0v) is 14.4. The first kappa shape index (κ1) is 16.7. The van der Waals surface area contributed by atoms with E-state index in [0.29, 0.717) is 26.2 Å². The van der Waals surface area contributed by atoms with E-state index in [1.165, 1.54) is 16.9 Å². The van der Waals surface area contributed by atoms with Gasteiger partial charge < -0.3 is 14.9 Å². The Morgan fingerprint density at radius 3 is 2.29 bits per heavy atom. The van der Waals surface area contributed by atoms with Crippen molar-refractivity contribution >= 4 is 23.2 Å². The minimum Gasteiger partial charge on any atom is -0.387 e. The number of aliphatic hydroxyl groups is 1. The van der Waals surface area contributed by atoms with Crippen LogP contribution in [0, 0.1) is 6.92 Å². The van der Waals surface area contributed by atoms with Crippen molar-refractivity contribution < 1.29 is 14.7 Å². The van der Waals surface area contributed by atoms with Crippen LogP contribution in [0.4, 0.5) is 0 Å². The summed E-state index contributed by atoms with van der Waals surface area (Å²) < 4.78 is 0. The lowest BCUT2D eigenvalue weighted by molar-refractivity contribution is -0.135. The second-order valence-corrected chi connectivity index (χ2v) is 6.78. The maximum atomic E-state index is 12.9. The van der Waals surface area contributed by atoms with Crippen molar-refractivity contribution in [2.45, 2.75) is 6.92 Å². The normalized spacial score (nSPS) is 14.8. The van der Waals surface area contributed by atoms with Gasteiger partial charge in [-0.3, -0.25) is 9.59 Å². The van der Waals surface area contributed by atoms with E-state index in [0.717, 1.165) is 16.0 Å². The Hall–Kier alpha value is -2.18. The Balaban J connectivity index is 1.74. The first-order valence-electron chi connectivity index (χ1n) is 7.92.